The van der Waals surface area contributed by atoms with E-state index in [0.29, 0.717) is 41.2 Å². The quantitative estimate of drug-likeness (QED) is 0.522. The molecule has 6 heteroatoms. The normalized spacial score (nSPS) is 15.3. The van der Waals surface area contributed by atoms with Crippen molar-refractivity contribution in [3.63, 3.8) is 0 Å². The Labute approximate surface area is 180 Å². The molecule has 0 fully saturated rings. The summed E-state index contributed by atoms with van der Waals surface area (Å²) in [5.74, 6) is 0.947. The molecule has 1 amide bonds. The maximum Gasteiger partial charge on any atom is 0.291 e. The molecule has 1 aliphatic heterocycles. The van der Waals surface area contributed by atoms with Gasteiger partial charge in [-0.05, 0) is 50.6 Å². The number of carbonyl (C=O) groups excluding carboxylic acids is 1. The largest absolute Gasteiger partial charge is 0.490 e. The van der Waals surface area contributed by atoms with E-state index in [4.69, 9.17) is 13.9 Å². The molecule has 4 rings (SSSR count). The highest BCUT2D eigenvalue weighted by Gasteiger charge is 2.42. The Balaban J connectivity index is 1.95. The molecule has 0 spiro atoms. The van der Waals surface area contributed by atoms with Crippen LogP contribution in [0.15, 0.2) is 58.3 Å². The molecule has 1 atom stereocenters. The molecule has 6 nitrogen and oxygen atoms in total. The first-order valence-electron chi connectivity index (χ1n) is 10.4. The summed E-state index contributed by atoms with van der Waals surface area (Å²) in [4.78, 5) is 28.3. The van der Waals surface area contributed by atoms with Crippen LogP contribution in [0, 0.1) is 6.92 Å². The lowest BCUT2D eigenvalue weighted by atomic mass is 9.97. The number of rotatable bonds is 7. The second-order valence-corrected chi connectivity index (χ2v) is 7.39. The summed E-state index contributed by atoms with van der Waals surface area (Å²) in [6.45, 7) is 10.7. The van der Waals surface area contributed by atoms with Gasteiger partial charge in [0.05, 0.1) is 30.2 Å². The number of carbonyl (C=O) groups is 1. The standard InChI is InChI=1S/C25H25NO5/c1-5-12-26-22(16-9-11-19(29-6-2)20(14-16)30-7-3)21-23(27)17-13-15(4)8-10-18(17)31-24(21)25(26)28/h5,8-11,13-14,22H,1,6-7,12H2,2-4H3/t22-/m1/s1. The number of benzene rings is 2. The second kappa shape index (κ2) is 8.30. The van der Waals surface area contributed by atoms with Crippen molar-refractivity contribution in [2.45, 2.75) is 26.8 Å². The zero-order valence-corrected chi connectivity index (χ0v) is 17.9. The molecule has 3 aromatic rings. The van der Waals surface area contributed by atoms with Gasteiger partial charge in [0.1, 0.15) is 5.58 Å². The Bertz CT molecular complexity index is 1230. The molecule has 160 valence electrons. The van der Waals surface area contributed by atoms with Crippen LogP contribution >= 0.6 is 0 Å². The van der Waals surface area contributed by atoms with Crippen LogP contribution in [0.1, 0.15) is 47.1 Å². The van der Waals surface area contributed by atoms with E-state index in [2.05, 4.69) is 6.58 Å². The minimum Gasteiger partial charge on any atom is -0.490 e. The summed E-state index contributed by atoms with van der Waals surface area (Å²) in [6, 6.07) is 10.3. The summed E-state index contributed by atoms with van der Waals surface area (Å²) >= 11 is 0. The molecular weight excluding hydrogens is 394 g/mol. The fourth-order valence-electron chi connectivity index (χ4n) is 4.05. The molecule has 2 heterocycles. The Morgan fingerprint density at radius 2 is 1.81 bits per heavy atom. The predicted octanol–water partition coefficient (Wildman–Crippen LogP) is 4.63. The average Bonchev–Trinajstić information content (AvgIpc) is 3.03. The lowest BCUT2D eigenvalue weighted by molar-refractivity contribution is 0.0748. The molecule has 0 unspecified atom stereocenters. The lowest BCUT2D eigenvalue weighted by Gasteiger charge is -2.24. The van der Waals surface area contributed by atoms with E-state index in [1.807, 2.05) is 45.0 Å². The summed E-state index contributed by atoms with van der Waals surface area (Å²) in [7, 11) is 0. The van der Waals surface area contributed by atoms with Crippen LogP contribution in [-0.2, 0) is 0 Å². The number of fused-ring (bicyclic) bond motifs is 2. The van der Waals surface area contributed by atoms with Gasteiger partial charge in [-0.25, -0.2) is 0 Å². The Kier molecular flexibility index (Phi) is 5.55. The highest BCUT2D eigenvalue weighted by Crippen LogP contribution is 2.41. The van der Waals surface area contributed by atoms with Crippen molar-refractivity contribution in [3.8, 4) is 11.5 Å². The second-order valence-electron chi connectivity index (χ2n) is 7.39. The summed E-state index contributed by atoms with van der Waals surface area (Å²) in [5, 5.41) is 0.466. The van der Waals surface area contributed by atoms with Gasteiger partial charge in [-0.1, -0.05) is 23.8 Å². The van der Waals surface area contributed by atoms with Crippen LogP contribution in [0.25, 0.3) is 11.0 Å². The summed E-state index contributed by atoms with van der Waals surface area (Å²) in [5.41, 5.74) is 2.25. The van der Waals surface area contributed by atoms with Crippen LogP contribution in [0.4, 0.5) is 0 Å². The van der Waals surface area contributed by atoms with Gasteiger partial charge < -0.3 is 18.8 Å². The van der Waals surface area contributed by atoms with E-state index in [1.54, 1.807) is 23.1 Å². The van der Waals surface area contributed by atoms with E-state index < -0.39 is 6.04 Å². The van der Waals surface area contributed by atoms with Gasteiger partial charge in [-0.15, -0.1) is 6.58 Å². The maximum atomic E-state index is 13.5. The van der Waals surface area contributed by atoms with Gasteiger partial charge in [0.15, 0.2) is 16.9 Å². The lowest BCUT2D eigenvalue weighted by Crippen LogP contribution is -2.29. The first kappa shape index (κ1) is 20.7. The topological polar surface area (TPSA) is 69.0 Å². The van der Waals surface area contributed by atoms with E-state index in [9.17, 15) is 9.59 Å². The molecular formula is C25H25NO5. The van der Waals surface area contributed by atoms with E-state index in [0.717, 1.165) is 11.1 Å². The third-order valence-electron chi connectivity index (χ3n) is 5.33. The molecule has 1 aliphatic rings. The summed E-state index contributed by atoms with van der Waals surface area (Å²) in [6.07, 6.45) is 1.64. The SMILES string of the molecule is C=CCN1C(=O)c2oc3ccc(C)cc3c(=O)c2[C@H]1c1ccc(OCC)c(OCC)c1. The molecule has 0 bridgehead atoms. The van der Waals surface area contributed by atoms with Crippen molar-refractivity contribution in [2.75, 3.05) is 19.8 Å². The maximum absolute atomic E-state index is 13.5. The highest BCUT2D eigenvalue weighted by molar-refractivity contribution is 5.99. The van der Waals surface area contributed by atoms with Crippen molar-refractivity contribution in [1.82, 2.24) is 4.90 Å². The number of ether oxygens (including phenoxy) is 2. The molecule has 0 radical (unpaired) electrons. The van der Waals surface area contributed by atoms with Crippen LogP contribution in [0.2, 0.25) is 0 Å². The molecule has 1 aromatic heterocycles. The molecule has 0 saturated carbocycles. The summed E-state index contributed by atoms with van der Waals surface area (Å²) < 4.78 is 17.4. The van der Waals surface area contributed by atoms with Crippen LogP contribution < -0.4 is 14.9 Å². The van der Waals surface area contributed by atoms with E-state index in [-0.39, 0.29) is 23.6 Å². The smallest absolute Gasteiger partial charge is 0.291 e. The molecule has 31 heavy (non-hydrogen) atoms. The monoisotopic (exact) mass is 419 g/mol. The van der Waals surface area contributed by atoms with Crippen LogP contribution in [0.3, 0.4) is 0 Å². The number of hydrogen-bond donors (Lipinski definition) is 0. The molecule has 0 saturated heterocycles. The zero-order valence-electron chi connectivity index (χ0n) is 17.9. The van der Waals surface area contributed by atoms with Gasteiger partial charge in [-0.3, -0.25) is 9.59 Å². The van der Waals surface area contributed by atoms with Crippen molar-refractivity contribution in [2.24, 2.45) is 0 Å². The predicted molar refractivity (Wildman–Crippen MR) is 119 cm³/mol. The number of nitrogens with zero attached hydrogens (tertiary/aromatic N) is 1. The van der Waals surface area contributed by atoms with Gasteiger partial charge >= 0.3 is 0 Å². The molecule has 0 aliphatic carbocycles. The molecule has 0 N–H and O–H groups in total. The zero-order chi connectivity index (χ0) is 22.1. The van der Waals surface area contributed by atoms with Crippen LogP contribution in [0.5, 0.6) is 11.5 Å². The number of hydrogen-bond acceptors (Lipinski definition) is 5. The van der Waals surface area contributed by atoms with E-state index >= 15 is 0 Å². The fourth-order valence-corrected chi connectivity index (χ4v) is 4.05. The van der Waals surface area contributed by atoms with Gasteiger partial charge in [0.25, 0.3) is 5.91 Å². The van der Waals surface area contributed by atoms with Crippen molar-refractivity contribution in [3.05, 3.63) is 81.7 Å². The number of amides is 1. The van der Waals surface area contributed by atoms with Crippen LogP contribution in [-0.4, -0.2) is 30.6 Å². The van der Waals surface area contributed by atoms with Crippen molar-refractivity contribution >= 4 is 16.9 Å². The number of aryl methyl sites for hydroxylation is 1. The third kappa shape index (κ3) is 3.48. The van der Waals surface area contributed by atoms with Gasteiger partial charge in [0.2, 0.25) is 5.76 Å². The first-order chi connectivity index (χ1) is 15.0. The highest BCUT2D eigenvalue weighted by atomic mass is 16.5. The van der Waals surface area contributed by atoms with Crippen molar-refractivity contribution in [1.29, 1.82) is 0 Å². The Morgan fingerprint density at radius 1 is 1.06 bits per heavy atom. The minimum atomic E-state index is -0.600. The first-order valence-corrected chi connectivity index (χ1v) is 10.4. The Hall–Kier alpha value is -3.54. The average molecular weight is 419 g/mol. The minimum absolute atomic E-state index is 0.0834. The Morgan fingerprint density at radius 3 is 2.52 bits per heavy atom. The van der Waals surface area contributed by atoms with Gasteiger partial charge in [-0.2, -0.15) is 0 Å². The van der Waals surface area contributed by atoms with Gasteiger partial charge in [0, 0.05) is 6.54 Å². The fraction of sp³-hybridized carbons (Fsp3) is 0.280. The molecule has 2 aromatic carbocycles. The van der Waals surface area contributed by atoms with E-state index in [1.165, 1.54) is 0 Å². The third-order valence-corrected chi connectivity index (χ3v) is 5.33. The van der Waals surface area contributed by atoms with Crippen molar-refractivity contribution < 1.29 is 18.7 Å².